The third kappa shape index (κ3) is 3.78. The van der Waals surface area contributed by atoms with E-state index >= 15 is 0 Å². The molecule has 1 aromatic heterocycles. The van der Waals surface area contributed by atoms with Gasteiger partial charge in [-0.25, -0.2) is 0 Å². The Morgan fingerprint density at radius 1 is 0.923 bits per heavy atom. The van der Waals surface area contributed by atoms with Crippen LogP contribution in [-0.2, 0) is 12.8 Å². The molecule has 3 aromatic rings. The van der Waals surface area contributed by atoms with E-state index in [0.717, 1.165) is 35.2 Å². The lowest BCUT2D eigenvalue weighted by molar-refractivity contribution is 0.102. The summed E-state index contributed by atoms with van der Waals surface area (Å²) in [5.41, 5.74) is 5.18. The van der Waals surface area contributed by atoms with Crippen LogP contribution < -0.4 is 5.32 Å². The maximum absolute atomic E-state index is 12.7. The van der Waals surface area contributed by atoms with Crippen LogP contribution in [0.3, 0.4) is 0 Å². The fraction of sp³-hybridized carbons (Fsp3) is 0.174. The second-order valence-electron chi connectivity index (χ2n) is 6.58. The van der Waals surface area contributed by atoms with Gasteiger partial charge < -0.3 is 5.32 Å². The average molecular weight is 359 g/mol. The SMILES string of the molecule is O=C(Nc1cccc(C=Cc2ccccc2)c1)c1csc2c1CCCC2. The van der Waals surface area contributed by atoms with Crippen LogP contribution in [0.15, 0.2) is 60.0 Å². The van der Waals surface area contributed by atoms with Gasteiger partial charge in [-0.3, -0.25) is 4.79 Å². The summed E-state index contributed by atoms with van der Waals surface area (Å²) in [5.74, 6) is 0.00795. The third-order valence-electron chi connectivity index (χ3n) is 4.72. The third-order valence-corrected chi connectivity index (χ3v) is 5.81. The molecule has 0 atom stereocenters. The number of nitrogens with one attached hydrogen (secondary N) is 1. The van der Waals surface area contributed by atoms with Crippen molar-refractivity contribution in [3.8, 4) is 0 Å². The van der Waals surface area contributed by atoms with E-state index in [0.29, 0.717) is 0 Å². The van der Waals surface area contributed by atoms with E-state index in [4.69, 9.17) is 0 Å². The minimum absolute atomic E-state index is 0.00795. The zero-order valence-electron chi connectivity index (χ0n) is 14.6. The Kier molecular flexibility index (Phi) is 4.98. The Hall–Kier alpha value is -2.65. The summed E-state index contributed by atoms with van der Waals surface area (Å²) < 4.78 is 0. The summed E-state index contributed by atoms with van der Waals surface area (Å²) >= 11 is 1.73. The quantitative estimate of drug-likeness (QED) is 0.565. The van der Waals surface area contributed by atoms with E-state index < -0.39 is 0 Å². The van der Waals surface area contributed by atoms with Crippen molar-refractivity contribution in [3.63, 3.8) is 0 Å². The molecule has 130 valence electrons. The predicted octanol–water partition coefficient (Wildman–Crippen LogP) is 6.05. The molecular weight excluding hydrogens is 338 g/mol. The molecule has 1 N–H and O–H groups in total. The summed E-state index contributed by atoms with van der Waals surface area (Å²) in [6.45, 7) is 0. The van der Waals surface area contributed by atoms with Gasteiger partial charge in [-0.2, -0.15) is 0 Å². The summed E-state index contributed by atoms with van der Waals surface area (Å²) in [5, 5.41) is 5.09. The number of benzene rings is 2. The van der Waals surface area contributed by atoms with Gasteiger partial charge in [0, 0.05) is 15.9 Å². The summed E-state index contributed by atoms with van der Waals surface area (Å²) in [4.78, 5) is 14.1. The van der Waals surface area contributed by atoms with Crippen molar-refractivity contribution >= 4 is 35.1 Å². The minimum Gasteiger partial charge on any atom is -0.322 e. The molecule has 0 fully saturated rings. The minimum atomic E-state index is 0.00795. The number of thiophene rings is 1. The number of aryl methyl sites for hydroxylation is 1. The molecule has 0 spiro atoms. The number of hydrogen-bond donors (Lipinski definition) is 1. The normalized spacial score (nSPS) is 13.5. The first-order valence-corrected chi connectivity index (χ1v) is 9.91. The number of anilines is 1. The molecule has 4 rings (SSSR count). The summed E-state index contributed by atoms with van der Waals surface area (Å²) in [6.07, 6.45) is 8.72. The standard InChI is InChI=1S/C23H21NOS/c25-23(21-16-26-22-12-5-4-11-20(21)22)24-19-10-6-9-18(15-19)14-13-17-7-2-1-3-8-17/h1-3,6-10,13-16H,4-5,11-12H2,(H,24,25). The number of hydrogen-bond acceptors (Lipinski definition) is 2. The second-order valence-corrected chi connectivity index (χ2v) is 7.55. The number of rotatable bonds is 4. The second kappa shape index (κ2) is 7.71. The van der Waals surface area contributed by atoms with Gasteiger partial charge in [-0.15, -0.1) is 11.3 Å². The van der Waals surface area contributed by atoms with E-state index in [2.05, 4.69) is 29.6 Å². The van der Waals surface area contributed by atoms with Crippen LogP contribution in [-0.4, -0.2) is 5.91 Å². The largest absolute Gasteiger partial charge is 0.322 e. The Labute approximate surface area is 158 Å². The Morgan fingerprint density at radius 2 is 1.69 bits per heavy atom. The van der Waals surface area contributed by atoms with Crippen molar-refractivity contribution in [2.75, 3.05) is 5.32 Å². The maximum Gasteiger partial charge on any atom is 0.256 e. The first-order chi connectivity index (χ1) is 12.8. The van der Waals surface area contributed by atoms with Gasteiger partial charge in [0.15, 0.2) is 0 Å². The van der Waals surface area contributed by atoms with Crippen LogP contribution in [0, 0.1) is 0 Å². The number of fused-ring (bicyclic) bond motifs is 1. The van der Waals surface area contributed by atoms with Gasteiger partial charge in [0.2, 0.25) is 0 Å². The molecule has 2 nitrogen and oxygen atoms in total. The van der Waals surface area contributed by atoms with Crippen LogP contribution in [0.25, 0.3) is 12.2 Å². The molecule has 26 heavy (non-hydrogen) atoms. The van der Waals surface area contributed by atoms with Crippen LogP contribution in [0.1, 0.15) is 44.8 Å². The first-order valence-electron chi connectivity index (χ1n) is 9.03. The average Bonchev–Trinajstić information content (AvgIpc) is 3.12. The van der Waals surface area contributed by atoms with Crippen molar-refractivity contribution in [2.45, 2.75) is 25.7 Å². The molecule has 0 bridgehead atoms. The summed E-state index contributed by atoms with van der Waals surface area (Å²) in [7, 11) is 0. The fourth-order valence-corrected chi connectivity index (χ4v) is 4.49. The van der Waals surface area contributed by atoms with Crippen LogP contribution in [0.4, 0.5) is 5.69 Å². The molecule has 1 aliphatic rings. The van der Waals surface area contributed by atoms with E-state index in [1.807, 2.05) is 47.8 Å². The topological polar surface area (TPSA) is 29.1 Å². The van der Waals surface area contributed by atoms with Crippen LogP contribution in [0.2, 0.25) is 0 Å². The maximum atomic E-state index is 12.7. The molecule has 1 amide bonds. The molecule has 0 radical (unpaired) electrons. The molecule has 0 saturated carbocycles. The van der Waals surface area contributed by atoms with Crippen molar-refractivity contribution in [1.29, 1.82) is 0 Å². The first kappa shape index (κ1) is 16.8. The van der Waals surface area contributed by atoms with Crippen LogP contribution >= 0.6 is 11.3 Å². The lowest BCUT2D eigenvalue weighted by Gasteiger charge is -2.13. The highest BCUT2D eigenvalue weighted by atomic mass is 32.1. The Morgan fingerprint density at radius 3 is 2.58 bits per heavy atom. The Bertz CT molecular complexity index is 940. The van der Waals surface area contributed by atoms with Gasteiger partial charge in [-0.1, -0.05) is 54.6 Å². The molecule has 0 saturated heterocycles. The lowest BCUT2D eigenvalue weighted by Crippen LogP contribution is -2.14. The van der Waals surface area contributed by atoms with Gasteiger partial charge in [-0.05, 0) is 54.5 Å². The van der Waals surface area contributed by atoms with Crippen molar-refractivity contribution in [3.05, 3.63) is 87.1 Å². The number of amides is 1. The smallest absolute Gasteiger partial charge is 0.256 e. The van der Waals surface area contributed by atoms with Crippen molar-refractivity contribution in [2.24, 2.45) is 0 Å². The molecule has 2 aromatic carbocycles. The highest BCUT2D eigenvalue weighted by Gasteiger charge is 2.20. The van der Waals surface area contributed by atoms with Gasteiger partial charge >= 0.3 is 0 Å². The van der Waals surface area contributed by atoms with E-state index in [1.54, 1.807) is 11.3 Å². The van der Waals surface area contributed by atoms with Gasteiger partial charge in [0.05, 0.1) is 5.56 Å². The molecular formula is C23H21NOS. The zero-order chi connectivity index (χ0) is 17.8. The summed E-state index contributed by atoms with van der Waals surface area (Å²) in [6, 6.07) is 18.2. The molecule has 3 heteroatoms. The van der Waals surface area contributed by atoms with E-state index in [9.17, 15) is 4.79 Å². The highest BCUT2D eigenvalue weighted by molar-refractivity contribution is 7.10. The van der Waals surface area contributed by atoms with Gasteiger partial charge in [0.25, 0.3) is 5.91 Å². The molecule has 0 aliphatic heterocycles. The highest BCUT2D eigenvalue weighted by Crippen LogP contribution is 2.30. The fourth-order valence-electron chi connectivity index (χ4n) is 3.36. The van der Waals surface area contributed by atoms with E-state index in [-0.39, 0.29) is 5.91 Å². The Balaban J connectivity index is 1.49. The lowest BCUT2D eigenvalue weighted by atomic mass is 9.95. The molecule has 1 heterocycles. The predicted molar refractivity (Wildman–Crippen MR) is 111 cm³/mol. The van der Waals surface area contributed by atoms with Crippen LogP contribution in [0.5, 0.6) is 0 Å². The number of carbonyl (C=O) groups is 1. The molecule has 0 unspecified atom stereocenters. The zero-order valence-corrected chi connectivity index (χ0v) is 15.4. The molecule has 1 aliphatic carbocycles. The van der Waals surface area contributed by atoms with Crippen molar-refractivity contribution in [1.82, 2.24) is 0 Å². The van der Waals surface area contributed by atoms with Crippen molar-refractivity contribution < 1.29 is 4.79 Å². The number of carbonyl (C=O) groups excluding carboxylic acids is 1. The monoisotopic (exact) mass is 359 g/mol. The van der Waals surface area contributed by atoms with E-state index in [1.165, 1.54) is 23.3 Å². The van der Waals surface area contributed by atoms with Gasteiger partial charge in [0.1, 0.15) is 0 Å².